The first kappa shape index (κ1) is 20.1. The molecule has 2 aromatic carbocycles. The summed E-state index contributed by atoms with van der Waals surface area (Å²) in [6.07, 6.45) is 0. The molecule has 0 aliphatic heterocycles. The van der Waals surface area contributed by atoms with Gasteiger partial charge in [0.25, 0.3) is 5.91 Å². The molecule has 5 nitrogen and oxygen atoms in total. The number of aryl methyl sites for hydroxylation is 1. The number of hydrogen-bond acceptors (Lipinski definition) is 3. The molecule has 0 saturated heterocycles. The van der Waals surface area contributed by atoms with Crippen LogP contribution in [0.5, 0.6) is 0 Å². The number of rotatable bonds is 6. The Morgan fingerprint density at radius 1 is 0.923 bits per heavy atom. The highest BCUT2D eigenvalue weighted by molar-refractivity contribution is 7.89. The summed E-state index contributed by atoms with van der Waals surface area (Å²) in [5.41, 5.74) is 2.73. The molecule has 0 radical (unpaired) electrons. The third-order valence-electron chi connectivity index (χ3n) is 4.05. The molecular formula is C20H26N2O3S. The summed E-state index contributed by atoms with van der Waals surface area (Å²) in [4.78, 5) is 12.4. The van der Waals surface area contributed by atoms with Crippen LogP contribution < -0.4 is 10.0 Å². The molecule has 2 aromatic rings. The lowest BCUT2D eigenvalue weighted by Crippen LogP contribution is -2.34. The standard InChI is InChI=1S/C20H26N2O3S/c1-15-5-11-18(12-6-15)26(24,25)22-14-13-21-19(23)16-7-9-17(10-8-16)20(2,3)4/h5-12,22H,13-14H2,1-4H3,(H,21,23). The molecule has 0 aliphatic carbocycles. The van der Waals surface area contributed by atoms with Gasteiger partial charge in [-0.3, -0.25) is 4.79 Å². The van der Waals surface area contributed by atoms with Crippen LogP contribution in [-0.4, -0.2) is 27.4 Å². The van der Waals surface area contributed by atoms with Gasteiger partial charge < -0.3 is 5.32 Å². The van der Waals surface area contributed by atoms with Gasteiger partial charge in [0, 0.05) is 18.7 Å². The third kappa shape index (κ3) is 5.41. The van der Waals surface area contributed by atoms with Crippen molar-refractivity contribution in [2.24, 2.45) is 0 Å². The second-order valence-electron chi connectivity index (χ2n) is 7.29. The molecule has 0 aliphatic rings. The van der Waals surface area contributed by atoms with Crippen molar-refractivity contribution < 1.29 is 13.2 Å². The van der Waals surface area contributed by atoms with Crippen LogP contribution in [0, 0.1) is 6.92 Å². The Hall–Kier alpha value is -2.18. The molecule has 0 saturated carbocycles. The Kier molecular flexibility index (Phi) is 6.21. The lowest BCUT2D eigenvalue weighted by atomic mass is 9.87. The van der Waals surface area contributed by atoms with Gasteiger partial charge in [-0.05, 0) is 42.2 Å². The first-order valence-electron chi connectivity index (χ1n) is 8.55. The van der Waals surface area contributed by atoms with Crippen LogP contribution in [0.2, 0.25) is 0 Å². The normalized spacial score (nSPS) is 12.0. The third-order valence-corrected chi connectivity index (χ3v) is 5.52. The van der Waals surface area contributed by atoms with Gasteiger partial charge in [0.15, 0.2) is 0 Å². The maximum atomic E-state index is 12.2. The highest BCUT2D eigenvalue weighted by atomic mass is 32.2. The summed E-state index contributed by atoms with van der Waals surface area (Å²) < 4.78 is 26.8. The molecule has 0 fully saturated rings. The highest BCUT2D eigenvalue weighted by Crippen LogP contribution is 2.22. The maximum Gasteiger partial charge on any atom is 0.251 e. The summed E-state index contributed by atoms with van der Waals surface area (Å²) in [7, 11) is -3.56. The molecule has 0 heterocycles. The first-order valence-corrected chi connectivity index (χ1v) is 10.0. The van der Waals surface area contributed by atoms with Gasteiger partial charge in [-0.2, -0.15) is 0 Å². The van der Waals surface area contributed by atoms with E-state index in [1.807, 2.05) is 19.1 Å². The van der Waals surface area contributed by atoms with E-state index in [2.05, 4.69) is 30.8 Å². The average molecular weight is 375 g/mol. The number of sulfonamides is 1. The van der Waals surface area contributed by atoms with E-state index in [1.54, 1.807) is 36.4 Å². The van der Waals surface area contributed by atoms with Crippen LogP contribution in [0.25, 0.3) is 0 Å². The summed E-state index contributed by atoms with van der Waals surface area (Å²) in [5, 5.41) is 2.72. The van der Waals surface area contributed by atoms with Crippen molar-refractivity contribution >= 4 is 15.9 Å². The smallest absolute Gasteiger partial charge is 0.251 e. The molecule has 26 heavy (non-hydrogen) atoms. The molecule has 0 unspecified atom stereocenters. The Balaban J connectivity index is 1.85. The highest BCUT2D eigenvalue weighted by Gasteiger charge is 2.15. The zero-order valence-electron chi connectivity index (χ0n) is 15.7. The van der Waals surface area contributed by atoms with Crippen LogP contribution >= 0.6 is 0 Å². The molecule has 0 aromatic heterocycles. The minimum Gasteiger partial charge on any atom is -0.351 e. The van der Waals surface area contributed by atoms with Gasteiger partial charge in [0.2, 0.25) is 10.0 Å². The Morgan fingerprint density at radius 2 is 1.50 bits per heavy atom. The summed E-state index contributed by atoms with van der Waals surface area (Å²) in [6, 6.07) is 14.1. The Labute approximate surface area is 155 Å². The topological polar surface area (TPSA) is 75.3 Å². The monoisotopic (exact) mass is 374 g/mol. The first-order chi connectivity index (χ1) is 12.1. The quantitative estimate of drug-likeness (QED) is 0.763. The molecule has 2 rings (SSSR count). The van der Waals surface area contributed by atoms with Crippen molar-refractivity contribution in [3.05, 3.63) is 65.2 Å². The van der Waals surface area contributed by atoms with Gasteiger partial charge in [-0.25, -0.2) is 13.1 Å². The van der Waals surface area contributed by atoms with Crippen molar-refractivity contribution in [1.29, 1.82) is 0 Å². The second kappa shape index (κ2) is 8.01. The number of benzene rings is 2. The lowest BCUT2D eigenvalue weighted by molar-refractivity contribution is 0.0954. The molecule has 140 valence electrons. The molecule has 0 spiro atoms. The average Bonchev–Trinajstić information content (AvgIpc) is 2.58. The van der Waals surface area contributed by atoms with Crippen molar-refractivity contribution in [2.45, 2.75) is 38.0 Å². The second-order valence-corrected chi connectivity index (χ2v) is 9.06. The maximum absolute atomic E-state index is 12.2. The summed E-state index contributed by atoms with van der Waals surface area (Å²) >= 11 is 0. The SMILES string of the molecule is Cc1ccc(S(=O)(=O)NCCNC(=O)c2ccc(C(C)(C)C)cc2)cc1. The zero-order valence-corrected chi connectivity index (χ0v) is 16.5. The van der Waals surface area contributed by atoms with Gasteiger partial charge in [-0.15, -0.1) is 0 Å². The fourth-order valence-electron chi connectivity index (χ4n) is 2.39. The van der Waals surface area contributed by atoms with Gasteiger partial charge >= 0.3 is 0 Å². The van der Waals surface area contributed by atoms with Crippen LogP contribution in [0.3, 0.4) is 0 Å². The minimum atomic E-state index is -3.56. The Morgan fingerprint density at radius 3 is 2.04 bits per heavy atom. The summed E-state index contributed by atoms with van der Waals surface area (Å²) in [5.74, 6) is -0.222. The van der Waals surface area contributed by atoms with Crippen LogP contribution in [0.15, 0.2) is 53.4 Å². The van der Waals surface area contributed by atoms with Crippen molar-refractivity contribution in [2.75, 3.05) is 13.1 Å². The van der Waals surface area contributed by atoms with E-state index < -0.39 is 10.0 Å². The van der Waals surface area contributed by atoms with Crippen LogP contribution in [0.4, 0.5) is 0 Å². The van der Waals surface area contributed by atoms with E-state index in [-0.39, 0.29) is 29.3 Å². The molecule has 0 atom stereocenters. The number of carbonyl (C=O) groups is 1. The van der Waals surface area contributed by atoms with Gasteiger partial charge in [-0.1, -0.05) is 50.6 Å². The van der Waals surface area contributed by atoms with E-state index in [0.29, 0.717) is 5.56 Å². The van der Waals surface area contributed by atoms with Crippen molar-refractivity contribution in [3.63, 3.8) is 0 Å². The van der Waals surface area contributed by atoms with E-state index in [0.717, 1.165) is 11.1 Å². The fourth-order valence-corrected chi connectivity index (χ4v) is 3.42. The van der Waals surface area contributed by atoms with Crippen LogP contribution in [0.1, 0.15) is 42.3 Å². The van der Waals surface area contributed by atoms with E-state index in [1.165, 1.54) is 0 Å². The lowest BCUT2D eigenvalue weighted by Gasteiger charge is -2.19. The van der Waals surface area contributed by atoms with E-state index in [4.69, 9.17) is 0 Å². The van der Waals surface area contributed by atoms with Crippen LogP contribution in [-0.2, 0) is 15.4 Å². The van der Waals surface area contributed by atoms with Crippen molar-refractivity contribution in [3.8, 4) is 0 Å². The number of hydrogen-bond donors (Lipinski definition) is 2. The summed E-state index contributed by atoms with van der Waals surface area (Å²) in [6.45, 7) is 8.58. The predicted molar refractivity (Wildman–Crippen MR) is 104 cm³/mol. The minimum absolute atomic E-state index is 0.0310. The number of carbonyl (C=O) groups excluding carboxylic acids is 1. The predicted octanol–water partition coefficient (Wildman–Crippen LogP) is 3.00. The molecular weight excluding hydrogens is 348 g/mol. The fraction of sp³-hybridized carbons (Fsp3) is 0.350. The number of amides is 1. The zero-order chi connectivity index (χ0) is 19.4. The molecule has 2 N–H and O–H groups in total. The van der Waals surface area contributed by atoms with E-state index in [9.17, 15) is 13.2 Å². The largest absolute Gasteiger partial charge is 0.351 e. The van der Waals surface area contributed by atoms with Gasteiger partial charge in [0.05, 0.1) is 4.90 Å². The Bertz CT molecular complexity index is 849. The number of nitrogens with one attached hydrogen (secondary N) is 2. The molecule has 1 amide bonds. The van der Waals surface area contributed by atoms with Crippen molar-refractivity contribution in [1.82, 2.24) is 10.0 Å². The molecule has 6 heteroatoms. The van der Waals surface area contributed by atoms with E-state index >= 15 is 0 Å². The van der Waals surface area contributed by atoms with Gasteiger partial charge in [0.1, 0.15) is 0 Å². The molecule has 0 bridgehead atoms.